The summed E-state index contributed by atoms with van der Waals surface area (Å²) in [6, 6.07) is 7.28. The van der Waals surface area contributed by atoms with Gasteiger partial charge in [0.2, 0.25) is 0 Å². The van der Waals surface area contributed by atoms with E-state index in [0.717, 1.165) is 5.69 Å². The summed E-state index contributed by atoms with van der Waals surface area (Å²) >= 11 is 5.92. The number of esters is 1. The third kappa shape index (κ3) is 2.44. The minimum Gasteiger partial charge on any atom is -0.467 e. The highest BCUT2D eigenvalue weighted by Gasteiger charge is 2.51. The fraction of sp³-hybridized carbons (Fsp3) is 0.462. The van der Waals surface area contributed by atoms with Crippen LogP contribution >= 0.6 is 11.6 Å². The predicted molar refractivity (Wildman–Crippen MR) is 69.9 cm³/mol. The van der Waals surface area contributed by atoms with Gasteiger partial charge in [-0.15, -0.1) is 0 Å². The molecule has 0 heterocycles. The first-order valence-corrected chi connectivity index (χ1v) is 6.12. The molecule has 0 aliphatic heterocycles. The Morgan fingerprint density at radius 1 is 1.44 bits per heavy atom. The maximum Gasteiger partial charge on any atom is 0.331 e. The van der Waals surface area contributed by atoms with Gasteiger partial charge in [-0.3, -0.25) is 0 Å². The lowest BCUT2D eigenvalue weighted by Gasteiger charge is -2.45. The molecule has 0 saturated heterocycles. The number of anilines is 1. The second-order valence-corrected chi connectivity index (χ2v) is 4.91. The van der Waals surface area contributed by atoms with E-state index in [2.05, 4.69) is 5.32 Å². The van der Waals surface area contributed by atoms with Crippen LogP contribution in [0.4, 0.5) is 5.69 Å². The zero-order chi connectivity index (χ0) is 13.2. The molecule has 5 heteroatoms. The molecule has 1 aromatic carbocycles. The van der Waals surface area contributed by atoms with Crippen molar-refractivity contribution < 1.29 is 14.3 Å². The van der Waals surface area contributed by atoms with Gasteiger partial charge in [-0.05, 0) is 18.2 Å². The van der Waals surface area contributed by atoms with Gasteiger partial charge in [0.15, 0.2) is 0 Å². The van der Waals surface area contributed by atoms with E-state index >= 15 is 0 Å². The molecule has 0 spiro atoms. The van der Waals surface area contributed by atoms with Crippen LogP contribution in [0.1, 0.15) is 12.8 Å². The lowest BCUT2D eigenvalue weighted by molar-refractivity contribution is -0.154. The lowest BCUT2D eigenvalue weighted by atomic mass is 9.74. The summed E-state index contributed by atoms with van der Waals surface area (Å²) in [5.41, 5.74) is 0.113. The summed E-state index contributed by atoms with van der Waals surface area (Å²) in [6.07, 6.45) is 1.29. The van der Waals surface area contributed by atoms with Crippen LogP contribution in [0.5, 0.6) is 0 Å². The molecule has 1 saturated carbocycles. The highest BCUT2D eigenvalue weighted by molar-refractivity contribution is 6.30. The number of halogens is 1. The number of nitrogens with one attached hydrogen (secondary N) is 1. The number of benzene rings is 1. The summed E-state index contributed by atoms with van der Waals surface area (Å²) in [5.74, 6) is -0.268. The first-order valence-electron chi connectivity index (χ1n) is 5.74. The molecule has 1 aliphatic rings. The largest absolute Gasteiger partial charge is 0.467 e. The third-order valence-electron chi connectivity index (χ3n) is 3.27. The molecule has 1 fully saturated rings. The standard InChI is InChI=1S/C13H16ClNO3/c1-17-11-7-13(8-11,12(16)18-2)15-10-5-3-4-9(14)6-10/h3-6,11,15H,7-8H2,1-2H3. The van der Waals surface area contributed by atoms with Crippen molar-refractivity contribution in [2.75, 3.05) is 19.5 Å². The SMILES string of the molecule is COC(=O)C1(Nc2cccc(Cl)c2)CC(OC)C1. The van der Waals surface area contributed by atoms with Crippen LogP contribution in [0.25, 0.3) is 0 Å². The Hall–Kier alpha value is -1.26. The Morgan fingerprint density at radius 3 is 2.72 bits per heavy atom. The summed E-state index contributed by atoms with van der Waals surface area (Å²) in [7, 11) is 3.04. The van der Waals surface area contributed by atoms with Crippen molar-refractivity contribution in [3.63, 3.8) is 0 Å². The molecule has 0 atom stereocenters. The maximum atomic E-state index is 11.9. The molecule has 98 valence electrons. The van der Waals surface area contributed by atoms with Gasteiger partial charge in [0.1, 0.15) is 5.54 Å². The van der Waals surface area contributed by atoms with Crippen molar-refractivity contribution in [1.82, 2.24) is 0 Å². The first-order chi connectivity index (χ1) is 8.59. The van der Waals surface area contributed by atoms with E-state index in [4.69, 9.17) is 21.1 Å². The Kier molecular flexibility index (Phi) is 3.78. The quantitative estimate of drug-likeness (QED) is 0.853. The Morgan fingerprint density at radius 2 is 2.17 bits per heavy atom. The van der Waals surface area contributed by atoms with E-state index in [9.17, 15) is 4.79 Å². The molecule has 0 unspecified atom stereocenters. The van der Waals surface area contributed by atoms with Gasteiger partial charge in [-0.25, -0.2) is 4.79 Å². The number of hydrogen-bond acceptors (Lipinski definition) is 4. The number of carbonyl (C=O) groups is 1. The molecule has 0 bridgehead atoms. The zero-order valence-corrected chi connectivity index (χ0v) is 11.2. The number of hydrogen-bond donors (Lipinski definition) is 1. The molecule has 18 heavy (non-hydrogen) atoms. The van der Waals surface area contributed by atoms with E-state index in [1.54, 1.807) is 19.2 Å². The molecule has 0 amide bonds. The molecule has 1 N–H and O–H groups in total. The summed E-state index contributed by atoms with van der Waals surface area (Å²) in [5, 5.41) is 3.84. The highest BCUT2D eigenvalue weighted by atomic mass is 35.5. The summed E-state index contributed by atoms with van der Waals surface area (Å²) in [6.45, 7) is 0. The molecule has 0 aromatic heterocycles. The Balaban J connectivity index is 2.14. The molecule has 4 nitrogen and oxygen atoms in total. The van der Waals surface area contributed by atoms with Gasteiger partial charge in [0.25, 0.3) is 0 Å². The number of carbonyl (C=O) groups excluding carboxylic acids is 1. The van der Waals surface area contributed by atoms with Crippen LogP contribution < -0.4 is 5.32 Å². The van der Waals surface area contributed by atoms with Crippen molar-refractivity contribution >= 4 is 23.3 Å². The van der Waals surface area contributed by atoms with Crippen molar-refractivity contribution in [2.24, 2.45) is 0 Å². The minimum absolute atomic E-state index is 0.0933. The van der Waals surface area contributed by atoms with Gasteiger partial charge in [0.05, 0.1) is 13.2 Å². The van der Waals surface area contributed by atoms with Gasteiger partial charge in [0, 0.05) is 30.7 Å². The third-order valence-corrected chi connectivity index (χ3v) is 3.51. The van der Waals surface area contributed by atoms with Gasteiger partial charge >= 0.3 is 5.97 Å². The maximum absolute atomic E-state index is 11.9. The van der Waals surface area contributed by atoms with Crippen LogP contribution in [0.3, 0.4) is 0 Å². The number of rotatable bonds is 4. The van der Waals surface area contributed by atoms with E-state index in [1.807, 2.05) is 12.1 Å². The number of methoxy groups -OCH3 is 2. The van der Waals surface area contributed by atoms with Crippen molar-refractivity contribution in [3.05, 3.63) is 29.3 Å². The topological polar surface area (TPSA) is 47.6 Å². The van der Waals surface area contributed by atoms with E-state index in [1.165, 1.54) is 7.11 Å². The van der Waals surface area contributed by atoms with Crippen molar-refractivity contribution in [3.8, 4) is 0 Å². The van der Waals surface area contributed by atoms with Crippen LogP contribution in [0, 0.1) is 0 Å². The first kappa shape index (κ1) is 13.2. The average molecular weight is 270 g/mol. The molecule has 0 radical (unpaired) electrons. The zero-order valence-electron chi connectivity index (χ0n) is 10.4. The molecule has 1 aliphatic carbocycles. The molecular formula is C13H16ClNO3. The smallest absolute Gasteiger partial charge is 0.331 e. The second kappa shape index (κ2) is 5.16. The minimum atomic E-state index is -0.694. The van der Waals surface area contributed by atoms with Gasteiger partial charge in [-0.2, -0.15) is 0 Å². The summed E-state index contributed by atoms with van der Waals surface area (Å²) in [4.78, 5) is 11.9. The monoisotopic (exact) mass is 269 g/mol. The van der Waals surface area contributed by atoms with E-state index in [-0.39, 0.29) is 12.1 Å². The van der Waals surface area contributed by atoms with E-state index < -0.39 is 5.54 Å². The highest BCUT2D eigenvalue weighted by Crippen LogP contribution is 2.38. The van der Waals surface area contributed by atoms with Gasteiger partial charge in [-0.1, -0.05) is 17.7 Å². The normalized spacial score (nSPS) is 26.3. The summed E-state index contributed by atoms with van der Waals surface area (Å²) < 4.78 is 10.1. The molecule has 2 rings (SSSR count). The fourth-order valence-corrected chi connectivity index (χ4v) is 2.43. The second-order valence-electron chi connectivity index (χ2n) is 4.47. The molecular weight excluding hydrogens is 254 g/mol. The average Bonchev–Trinajstić information content (AvgIpc) is 2.32. The van der Waals surface area contributed by atoms with Crippen LogP contribution in [-0.2, 0) is 14.3 Å². The van der Waals surface area contributed by atoms with Crippen LogP contribution in [0.2, 0.25) is 5.02 Å². The number of ether oxygens (including phenoxy) is 2. The molecule has 1 aromatic rings. The van der Waals surface area contributed by atoms with Crippen molar-refractivity contribution in [2.45, 2.75) is 24.5 Å². The van der Waals surface area contributed by atoms with Crippen molar-refractivity contribution in [1.29, 1.82) is 0 Å². The van der Waals surface area contributed by atoms with E-state index in [0.29, 0.717) is 17.9 Å². The van der Waals surface area contributed by atoms with Crippen LogP contribution in [-0.4, -0.2) is 31.8 Å². The fourth-order valence-electron chi connectivity index (χ4n) is 2.24. The lowest BCUT2D eigenvalue weighted by Crippen LogP contribution is -2.59. The predicted octanol–water partition coefficient (Wildman–Crippen LogP) is 2.47. The van der Waals surface area contributed by atoms with Crippen LogP contribution in [0.15, 0.2) is 24.3 Å². The Bertz CT molecular complexity index is 444. The Labute approximate surface area is 111 Å². The van der Waals surface area contributed by atoms with Gasteiger partial charge < -0.3 is 14.8 Å².